The Morgan fingerprint density at radius 3 is 2.82 bits per heavy atom. The molecule has 2 aliphatic carbocycles. The topological polar surface area (TPSA) is 41.5 Å². The van der Waals surface area contributed by atoms with Crippen LogP contribution in [0.3, 0.4) is 0 Å². The fraction of sp³-hybridized carbons (Fsp3) is 0.684. The predicted molar refractivity (Wildman–Crippen MR) is 89.6 cm³/mol. The third-order valence-corrected chi connectivity index (χ3v) is 5.95. The summed E-state index contributed by atoms with van der Waals surface area (Å²) >= 11 is 0. The third-order valence-electron chi connectivity index (χ3n) is 5.95. The second-order valence-corrected chi connectivity index (χ2v) is 6.95. The Hall–Kier alpha value is -1.06. The summed E-state index contributed by atoms with van der Waals surface area (Å²) in [5.74, 6) is 0.913. The van der Waals surface area contributed by atoms with Gasteiger partial charge in [0, 0.05) is 5.41 Å². The minimum absolute atomic E-state index is 0.102. The molecule has 22 heavy (non-hydrogen) atoms. The van der Waals surface area contributed by atoms with Crippen molar-refractivity contribution in [1.82, 2.24) is 5.32 Å². The number of hydrogen-bond donors (Lipinski definition) is 2. The molecule has 2 N–H and O–H groups in total. The van der Waals surface area contributed by atoms with Crippen molar-refractivity contribution >= 4 is 0 Å². The fourth-order valence-corrected chi connectivity index (χ4v) is 4.72. The second-order valence-electron chi connectivity index (χ2n) is 6.95. The van der Waals surface area contributed by atoms with E-state index in [1.807, 2.05) is 0 Å². The largest absolute Gasteiger partial charge is 0.497 e. The summed E-state index contributed by atoms with van der Waals surface area (Å²) in [5, 5.41) is 14.9. The first kappa shape index (κ1) is 15.8. The molecular weight excluding hydrogens is 274 g/mol. The van der Waals surface area contributed by atoms with Crippen molar-refractivity contribution < 1.29 is 9.84 Å². The molecule has 0 amide bonds. The summed E-state index contributed by atoms with van der Waals surface area (Å²) in [6.45, 7) is 4.09. The highest BCUT2D eigenvalue weighted by Crippen LogP contribution is 2.55. The van der Waals surface area contributed by atoms with Crippen LogP contribution in [0, 0.1) is 0 Å². The molecular formula is C19H29NO2. The molecule has 2 atom stereocenters. The summed E-state index contributed by atoms with van der Waals surface area (Å²) < 4.78 is 5.47. The maximum atomic E-state index is 11.5. The van der Waals surface area contributed by atoms with E-state index in [4.69, 9.17) is 4.74 Å². The van der Waals surface area contributed by atoms with Crippen molar-refractivity contribution in [2.45, 2.75) is 62.9 Å². The molecule has 3 nitrogen and oxygen atoms in total. The monoisotopic (exact) mass is 303 g/mol. The summed E-state index contributed by atoms with van der Waals surface area (Å²) in [4.78, 5) is 0. The maximum absolute atomic E-state index is 11.5. The van der Waals surface area contributed by atoms with E-state index in [1.54, 1.807) is 7.11 Å². The molecule has 2 aliphatic rings. The van der Waals surface area contributed by atoms with Crippen LogP contribution in [0.2, 0.25) is 0 Å². The molecule has 0 heterocycles. The molecule has 122 valence electrons. The second kappa shape index (κ2) is 6.21. The lowest BCUT2D eigenvalue weighted by atomic mass is 9.53. The molecule has 0 unspecified atom stereocenters. The molecule has 0 saturated heterocycles. The molecule has 3 heteroatoms. The smallest absolute Gasteiger partial charge is 0.119 e. The van der Waals surface area contributed by atoms with Crippen LogP contribution >= 0.6 is 0 Å². The van der Waals surface area contributed by atoms with Crippen molar-refractivity contribution in [2.75, 3.05) is 20.2 Å². The zero-order chi connectivity index (χ0) is 15.6. The van der Waals surface area contributed by atoms with E-state index in [0.717, 1.165) is 57.4 Å². The number of aryl methyl sites for hydroxylation is 1. The molecule has 1 aromatic carbocycles. The predicted octanol–water partition coefficient (Wildman–Crippen LogP) is 3.18. The summed E-state index contributed by atoms with van der Waals surface area (Å²) in [5.41, 5.74) is 2.11. The molecule has 1 saturated carbocycles. The van der Waals surface area contributed by atoms with Crippen molar-refractivity contribution in [3.8, 4) is 5.75 Å². The first-order valence-corrected chi connectivity index (χ1v) is 8.76. The van der Waals surface area contributed by atoms with Crippen LogP contribution < -0.4 is 10.1 Å². The van der Waals surface area contributed by atoms with E-state index in [-0.39, 0.29) is 5.41 Å². The molecule has 0 bridgehead atoms. The van der Waals surface area contributed by atoms with Gasteiger partial charge in [-0.2, -0.15) is 0 Å². The quantitative estimate of drug-likeness (QED) is 0.821. The van der Waals surface area contributed by atoms with Gasteiger partial charge in [-0.25, -0.2) is 0 Å². The molecule has 0 radical (unpaired) electrons. The number of nitrogens with one attached hydrogen (secondary N) is 1. The van der Waals surface area contributed by atoms with Crippen LogP contribution in [0.15, 0.2) is 18.2 Å². The average molecular weight is 303 g/mol. The zero-order valence-corrected chi connectivity index (χ0v) is 14.0. The number of hydrogen-bond acceptors (Lipinski definition) is 3. The molecule has 3 rings (SSSR count). The number of aliphatic hydroxyl groups is 1. The van der Waals surface area contributed by atoms with Crippen molar-refractivity contribution in [3.05, 3.63) is 29.3 Å². The molecule has 0 aromatic heterocycles. The fourth-order valence-electron chi connectivity index (χ4n) is 4.72. The van der Waals surface area contributed by atoms with Gasteiger partial charge in [-0.1, -0.05) is 25.8 Å². The Balaban J connectivity index is 2.05. The first-order valence-electron chi connectivity index (χ1n) is 8.76. The molecule has 1 aromatic rings. The van der Waals surface area contributed by atoms with E-state index in [2.05, 4.69) is 30.4 Å². The van der Waals surface area contributed by atoms with Crippen molar-refractivity contribution in [2.24, 2.45) is 0 Å². The van der Waals surface area contributed by atoms with Crippen LogP contribution in [-0.2, 0) is 11.8 Å². The highest BCUT2D eigenvalue weighted by molar-refractivity contribution is 5.46. The normalized spacial score (nSPS) is 30.5. The van der Waals surface area contributed by atoms with Gasteiger partial charge in [0.2, 0.25) is 0 Å². The van der Waals surface area contributed by atoms with E-state index < -0.39 is 5.60 Å². The number of methoxy groups -OCH3 is 1. The number of ether oxygens (including phenoxy) is 1. The molecule has 1 fully saturated rings. The van der Waals surface area contributed by atoms with Crippen LogP contribution in [0.1, 0.15) is 56.6 Å². The van der Waals surface area contributed by atoms with Crippen LogP contribution in [0.25, 0.3) is 0 Å². The Bertz CT molecular complexity index is 530. The lowest BCUT2D eigenvalue weighted by Gasteiger charge is -2.55. The van der Waals surface area contributed by atoms with Gasteiger partial charge in [0.25, 0.3) is 0 Å². The van der Waals surface area contributed by atoms with Gasteiger partial charge in [-0.05, 0) is 68.5 Å². The van der Waals surface area contributed by atoms with Crippen LogP contribution in [-0.4, -0.2) is 30.9 Å². The Kier molecular flexibility index (Phi) is 4.47. The van der Waals surface area contributed by atoms with Crippen LogP contribution in [0.4, 0.5) is 0 Å². The minimum atomic E-state index is -0.542. The van der Waals surface area contributed by atoms with Gasteiger partial charge in [0.1, 0.15) is 5.75 Å². The Morgan fingerprint density at radius 1 is 1.23 bits per heavy atom. The van der Waals surface area contributed by atoms with E-state index in [9.17, 15) is 5.11 Å². The van der Waals surface area contributed by atoms with Gasteiger partial charge in [0.15, 0.2) is 0 Å². The SMILES string of the molecule is CCNCC[C@]12CCCC[C@@]1(O)CCc1ccc(OC)cc12. The van der Waals surface area contributed by atoms with Crippen LogP contribution in [0.5, 0.6) is 5.75 Å². The standard InChI is InChI=1S/C19H29NO2/c1-3-20-13-12-18-9-4-5-10-19(18,21)11-8-15-6-7-16(22-2)14-17(15)18/h6-7,14,20-21H,3-5,8-13H2,1-2H3/t18-,19+/m0/s1. The third kappa shape index (κ3) is 2.44. The highest BCUT2D eigenvalue weighted by atomic mass is 16.5. The first-order chi connectivity index (χ1) is 10.6. The van der Waals surface area contributed by atoms with E-state index in [0.29, 0.717) is 0 Å². The van der Waals surface area contributed by atoms with Gasteiger partial charge in [-0.15, -0.1) is 0 Å². The van der Waals surface area contributed by atoms with Gasteiger partial charge < -0.3 is 15.2 Å². The molecule has 0 spiro atoms. The lowest BCUT2D eigenvalue weighted by Crippen LogP contribution is -2.57. The van der Waals surface area contributed by atoms with E-state index in [1.165, 1.54) is 17.5 Å². The van der Waals surface area contributed by atoms with Gasteiger partial charge in [-0.3, -0.25) is 0 Å². The van der Waals surface area contributed by atoms with E-state index >= 15 is 0 Å². The number of fused-ring (bicyclic) bond motifs is 3. The minimum Gasteiger partial charge on any atom is -0.497 e. The average Bonchev–Trinajstić information content (AvgIpc) is 2.55. The number of rotatable bonds is 5. The summed E-state index contributed by atoms with van der Waals surface area (Å²) in [7, 11) is 1.73. The summed E-state index contributed by atoms with van der Waals surface area (Å²) in [6.07, 6.45) is 7.30. The van der Waals surface area contributed by atoms with Gasteiger partial charge in [0.05, 0.1) is 12.7 Å². The molecule has 0 aliphatic heterocycles. The van der Waals surface area contributed by atoms with Crippen molar-refractivity contribution in [1.29, 1.82) is 0 Å². The van der Waals surface area contributed by atoms with Crippen molar-refractivity contribution in [3.63, 3.8) is 0 Å². The highest BCUT2D eigenvalue weighted by Gasteiger charge is 2.54. The summed E-state index contributed by atoms with van der Waals surface area (Å²) in [6, 6.07) is 6.46. The Morgan fingerprint density at radius 2 is 2.05 bits per heavy atom. The zero-order valence-electron chi connectivity index (χ0n) is 14.0. The number of benzene rings is 1. The Labute approximate surface area is 134 Å². The maximum Gasteiger partial charge on any atom is 0.119 e. The van der Waals surface area contributed by atoms with Gasteiger partial charge >= 0.3 is 0 Å². The lowest BCUT2D eigenvalue weighted by molar-refractivity contribution is -0.0868.